The van der Waals surface area contributed by atoms with Crippen LogP contribution in [0.2, 0.25) is 0 Å². The van der Waals surface area contributed by atoms with Crippen molar-refractivity contribution in [2.75, 3.05) is 70.9 Å². The Labute approximate surface area is 230 Å². The fourth-order valence-corrected chi connectivity index (χ4v) is 4.11. The molecule has 0 saturated heterocycles. The normalized spacial score (nSPS) is 13.1. The zero-order valence-electron chi connectivity index (χ0n) is 22.9. The molecule has 0 spiro atoms. The molecule has 1 aliphatic carbocycles. The van der Waals surface area contributed by atoms with E-state index in [-0.39, 0.29) is 5.91 Å². The van der Waals surface area contributed by atoms with Crippen LogP contribution in [0.5, 0.6) is 5.75 Å². The predicted octanol–water partition coefficient (Wildman–Crippen LogP) is 4.16. The first-order chi connectivity index (χ1) is 19.2. The summed E-state index contributed by atoms with van der Waals surface area (Å²) in [6.45, 7) is 3.89. The molecule has 0 atom stereocenters. The van der Waals surface area contributed by atoms with Gasteiger partial charge in [-0.1, -0.05) is 36.4 Å². The Hall–Kier alpha value is -3.69. The van der Waals surface area contributed by atoms with Gasteiger partial charge in [0.25, 0.3) is 0 Å². The molecule has 2 N–H and O–H groups in total. The van der Waals surface area contributed by atoms with Gasteiger partial charge in [-0.05, 0) is 36.8 Å². The van der Waals surface area contributed by atoms with Gasteiger partial charge in [-0.25, -0.2) is 9.97 Å². The minimum atomic E-state index is -0.0760. The summed E-state index contributed by atoms with van der Waals surface area (Å²) in [6.07, 6.45) is 8.31. The van der Waals surface area contributed by atoms with E-state index < -0.39 is 0 Å². The van der Waals surface area contributed by atoms with E-state index in [0.29, 0.717) is 45.4 Å². The second-order valence-electron chi connectivity index (χ2n) is 9.60. The van der Waals surface area contributed by atoms with Crippen LogP contribution in [-0.4, -0.2) is 81.0 Å². The summed E-state index contributed by atoms with van der Waals surface area (Å²) < 4.78 is 16.5. The summed E-state index contributed by atoms with van der Waals surface area (Å²) in [6, 6.07) is 14.4. The van der Waals surface area contributed by atoms with Crippen molar-refractivity contribution in [3.63, 3.8) is 0 Å². The third-order valence-corrected chi connectivity index (χ3v) is 6.57. The third kappa shape index (κ3) is 8.94. The van der Waals surface area contributed by atoms with Crippen LogP contribution < -0.4 is 15.4 Å². The molecule has 39 heavy (non-hydrogen) atoms. The molecule has 1 aliphatic rings. The van der Waals surface area contributed by atoms with Crippen molar-refractivity contribution in [1.29, 1.82) is 0 Å². The molecule has 0 bridgehead atoms. The first-order valence-electron chi connectivity index (χ1n) is 13.5. The third-order valence-electron chi connectivity index (χ3n) is 6.57. The maximum Gasteiger partial charge on any atom is 0.246 e. The molecular weight excluding hydrogens is 494 g/mol. The van der Waals surface area contributed by atoms with E-state index in [2.05, 4.69) is 44.9 Å². The van der Waals surface area contributed by atoms with E-state index in [1.807, 2.05) is 24.3 Å². The Balaban J connectivity index is 1.45. The molecule has 4 rings (SSSR count). The lowest BCUT2D eigenvalue weighted by molar-refractivity contribution is -0.127. The fraction of sp³-hybridized carbons (Fsp3) is 0.433. The summed E-state index contributed by atoms with van der Waals surface area (Å²) in [4.78, 5) is 23.4. The summed E-state index contributed by atoms with van der Waals surface area (Å²) in [5, 5.41) is 7.81. The number of carbonyl (C=O) groups is 1. The first-order valence-corrected chi connectivity index (χ1v) is 13.5. The zero-order valence-corrected chi connectivity index (χ0v) is 22.9. The van der Waals surface area contributed by atoms with Crippen molar-refractivity contribution in [2.24, 2.45) is 5.92 Å². The van der Waals surface area contributed by atoms with E-state index in [0.717, 1.165) is 41.1 Å². The highest BCUT2D eigenvalue weighted by Crippen LogP contribution is 2.35. The monoisotopic (exact) mass is 533 g/mol. The van der Waals surface area contributed by atoms with Crippen molar-refractivity contribution in [3.05, 3.63) is 66.5 Å². The number of ether oxygens (including phenoxy) is 3. The second kappa shape index (κ2) is 15.0. The molecular formula is C30H39N5O4. The van der Waals surface area contributed by atoms with Gasteiger partial charge in [0, 0.05) is 57.9 Å². The smallest absolute Gasteiger partial charge is 0.246 e. The molecule has 1 heterocycles. The van der Waals surface area contributed by atoms with Crippen molar-refractivity contribution in [2.45, 2.75) is 19.3 Å². The van der Waals surface area contributed by atoms with E-state index in [4.69, 9.17) is 14.2 Å². The standard InChI is InChI=1S/C30H39N5O4/c1-37-17-15-35(16-18-38-2)29(36)9-6-13-31-27-19-25-26(20-28(27)39-21-24-10-11-24)33-22-34-30(25)32-14-12-23-7-4-3-5-8-23/h3-9,19-20,22,24,31H,10-18,21H2,1-2H3,(H,32,33,34). The highest BCUT2D eigenvalue weighted by molar-refractivity contribution is 5.93. The molecule has 9 heteroatoms. The highest BCUT2D eigenvalue weighted by atomic mass is 16.5. The lowest BCUT2D eigenvalue weighted by atomic mass is 10.1. The van der Waals surface area contributed by atoms with Gasteiger partial charge in [-0.3, -0.25) is 4.79 Å². The number of anilines is 2. The number of methoxy groups -OCH3 is 2. The minimum Gasteiger partial charge on any atom is -0.491 e. The quantitative estimate of drug-likeness (QED) is 0.250. The van der Waals surface area contributed by atoms with E-state index in [1.54, 1.807) is 31.5 Å². The van der Waals surface area contributed by atoms with Gasteiger partial charge in [0.15, 0.2) is 0 Å². The molecule has 0 aliphatic heterocycles. The maximum absolute atomic E-state index is 12.7. The van der Waals surface area contributed by atoms with Crippen LogP contribution in [0.4, 0.5) is 11.5 Å². The van der Waals surface area contributed by atoms with Crippen molar-refractivity contribution < 1.29 is 19.0 Å². The van der Waals surface area contributed by atoms with Crippen LogP contribution in [0, 0.1) is 5.92 Å². The number of benzene rings is 2. The van der Waals surface area contributed by atoms with Gasteiger partial charge in [0.2, 0.25) is 5.91 Å². The Morgan fingerprint density at radius 1 is 1.05 bits per heavy atom. The van der Waals surface area contributed by atoms with Gasteiger partial charge < -0.3 is 29.7 Å². The topological polar surface area (TPSA) is 97.8 Å². The van der Waals surface area contributed by atoms with Gasteiger partial charge in [0.1, 0.15) is 17.9 Å². The lowest BCUT2D eigenvalue weighted by Crippen LogP contribution is -2.35. The van der Waals surface area contributed by atoms with Crippen molar-refractivity contribution in [3.8, 4) is 5.75 Å². The highest BCUT2D eigenvalue weighted by Gasteiger charge is 2.23. The number of hydrogen-bond acceptors (Lipinski definition) is 8. The van der Waals surface area contributed by atoms with E-state index >= 15 is 0 Å². The Morgan fingerprint density at radius 3 is 2.54 bits per heavy atom. The molecule has 2 aromatic carbocycles. The summed E-state index contributed by atoms with van der Waals surface area (Å²) in [5.74, 6) is 2.08. The summed E-state index contributed by atoms with van der Waals surface area (Å²) in [7, 11) is 3.25. The predicted molar refractivity (Wildman–Crippen MR) is 154 cm³/mol. The fourth-order valence-electron chi connectivity index (χ4n) is 4.11. The molecule has 1 aromatic heterocycles. The van der Waals surface area contributed by atoms with Crippen LogP contribution in [0.15, 0.2) is 60.9 Å². The van der Waals surface area contributed by atoms with Gasteiger partial charge in [-0.2, -0.15) is 0 Å². The first kappa shape index (κ1) is 28.3. The lowest BCUT2D eigenvalue weighted by Gasteiger charge is -2.20. The SMILES string of the molecule is COCCN(CCOC)C(=O)C=CCNc1cc2c(NCCc3ccccc3)ncnc2cc1OCC1CC1. The number of carbonyl (C=O) groups excluding carboxylic acids is 1. The Bertz CT molecular complexity index is 1210. The number of fused-ring (bicyclic) bond motifs is 1. The van der Waals surface area contributed by atoms with Crippen LogP contribution >= 0.6 is 0 Å². The number of hydrogen-bond donors (Lipinski definition) is 2. The average Bonchev–Trinajstić information content (AvgIpc) is 3.79. The summed E-state index contributed by atoms with van der Waals surface area (Å²) >= 11 is 0. The van der Waals surface area contributed by atoms with Crippen LogP contribution in [0.1, 0.15) is 18.4 Å². The number of nitrogens with zero attached hydrogens (tertiary/aromatic N) is 3. The van der Waals surface area contributed by atoms with Gasteiger partial charge in [0.05, 0.1) is 31.0 Å². The van der Waals surface area contributed by atoms with E-state index in [9.17, 15) is 4.79 Å². The van der Waals surface area contributed by atoms with Crippen molar-refractivity contribution >= 4 is 28.3 Å². The molecule has 9 nitrogen and oxygen atoms in total. The van der Waals surface area contributed by atoms with Crippen molar-refractivity contribution in [1.82, 2.24) is 14.9 Å². The Kier molecular flexibility index (Phi) is 10.9. The minimum absolute atomic E-state index is 0.0760. The zero-order chi connectivity index (χ0) is 27.3. The molecule has 0 unspecified atom stereocenters. The Morgan fingerprint density at radius 2 is 1.82 bits per heavy atom. The van der Waals surface area contributed by atoms with Gasteiger partial charge >= 0.3 is 0 Å². The number of nitrogens with one attached hydrogen (secondary N) is 2. The molecule has 1 fully saturated rings. The van der Waals surface area contributed by atoms with E-state index in [1.165, 1.54) is 18.4 Å². The largest absolute Gasteiger partial charge is 0.491 e. The van der Waals surface area contributed by atoms with Crippen LogP contribution in [0.3, 0.4) is 0 Å². The molecule has 0 radical (unpaired) electrons. The average molecular weight is 534 g/mol. The summed E-state index contributed by atoms with van der Waals surface area (Å²) in [5.41, 5.74) is 2.93. The molecule has 3 aromatic rings. The second-order valence-corrected chi connectivity index (χ2v) is 9.60. The van der Waals surface area contributed by atoms with Crippen LogP contribution in [-0.2, 0) is 20.7 Å². The number of rotatable bonds is 17. The number of aromatic nitrogens is 2. The number of amides is 1. The maximum atomic E-state index is 12.7. The molecule has 1 amide bonds. The molecule has 1 saturated carbocycles. The van der Waals surface area contributed by atoms with Crippen LogP contribution in [0.25, 0.3) is 10.9 Å². The molecule has 208 valence electrons. The van der Waals surface area contributed by atoms with Gasteiger partial charge in [-0.15, -0.1) is 0 Å².